The van der Waals surface area contributed by atoms with Gasteiger partial charge < -0.3 is 118 Å². The van der Waals surface area contributed by atoms with Crippen LogP contribution in [0.3, 0.4) is 0 Å². The highest BCUT2D eigenvalue weighted by Gasteiger charge is 2.42. The molecule has 0 saturated carbocycles. The zero-order chi connectivity index (χ0) is 89.6. The van der Waals surface area contributed by atoms with E-state index >= 15 is 0 Å². The van der Waals surface area contributed by atoms with E-state index in [9.17, 15) is 96.5 Å². The predicted molar refractivity (Wildman–Crippen MR) is 438 cm³/mol. The molecule has 1 aromatic heterocycles. The second-order valence-corrected chi connectivity index (χ2v) is 31.2. The molecule has 3 aliphatic heterocycles. The van der Waals surface area contributed by atoms with E-state index in [1.165, 1.54) is 38.2 Å². The number of amides is 16. The van der Waals surface area contributed by atoms with Gasteiger partial charge in [-0.05, 0) is 127 Å². The minimum Gasteiger partial charge on any atom is -0.481 e. The van der Waals surface area contributed by atoms with E-state index in [0.717, 1.165) is 0 Å². The van der Waals surface area contributed by atoms with E-state index in [1.807, 2.05) is 27.7 Å². The maximum atomic E-state index is 14.8. The number of carbonyl (C=O) groups excluding carboxylic acids is 16. The van der Waals surface area contributed by atoms with Crippen molar-refractivity contribution in [2.24, 2.45) is 67.3 Å². The number of rotatable bonds is 54. The molecule has 668 valence electrons. The Labute approximate surface area is 700 Å². The van der Waals surface area contributed by atoms with Crippen LogP contribution in [0, 0.1) is 23.7 Å². The van der Waals surface area contributed by atoms with Crippen LogP contribution in [0.2, 0.25) is 0 Å². The number of nitrogens with one attached hydrogen (secondary N) is 14. The molecule has 3 aliphatic rings. The average Bonchev–Trinajstić information content (AvgIpc) is 1.64. The van der Waals surface area contributed by atoms with Gasteiger partial charge in [0.2, 0.25) is 94.5 Å². The first kappa shape index (κ1) is 101. The van der Waals surface area contributed by atoms with Gasteiger partial charge in [-0.2, -0.15) is 12.6 Å². The number of likely N-dealkylation sites (tertiary alicyclic amines) is 1. The highest BCUT2D eigenvalue weighted by molar-refractivity contribution is 7.80. The van der Waals surface area contributed by atoms with Gasteiger partial charge >= 0.3 is 11.9 Å². The number of carboxylic acids is 2. The fourth-order valence-corrected chi connectivity index (χ4v) is 13.4. The lowest BCUT2D eigenvalue weighted by Crippen LogP contribution is -2.61. The zero-order valence-corrected chi connectivity index (χ0v) is 70.0. The first-order valence-electron chi connectivity index (χ1n) is 40.3. The lowest BCUT2D eigenvalue weighted by atomic mass is 9.97. The number of H-pyrrole nitrogens is 1. The molecule has 0 aromatic carbocycles. The maximum Gasteiger partial charge on any atom is 0.326 e. The summed E-state index contributed by atoms with van der Waals surface area (Å²) in [6.45, 7) is 13.5. The Hall–Kier alpha value is -11.4. The van der Waals surface area contributed by atoms with Gasteiger partial charge in [-0.15, -0.1) is 0 Å². The third-order valence-corrected chi connectivity index (χ3v) is 20.6. The first-order chi connectivity index (χ1) is 56.7. The Morgan fingerprint density at radius 3 is 1.48 bits per heavy atom. The minimum absolute atomic E-state index is 0.0232. The fourth-order valence-electron chi connectivity index (χ4n) is 13.2. The van der Waals surface area contributed by atoms with Gasteiger partial charge in [0, 0.05) is 69.1 Å². The summed E-state index contributed by atoms with van der Waals surface area (Å²) in [5, 5.41) is 52.6. The quantitative estimate of drug-likeness (QED) is 0.0125. The van der Waals surface area contributed by atoms with Gasteiger partial charge in [0.15, 0.2) is 5.96 Å². The topological polar surface area (TPSA) is 703 Å². The number of nitrogens with two attached hydrogens (primary N) is 5. The molecule has 45 heteroatoms. The Bertz CT molecular complexity index is 3820. The third-order valence-electron chi connectivity index (χ3n) is 20.3. The number of hydrogen-bond acceptors (Lipinski definition) is 24. The minimum atomic E-state index is -1.94. The van der Waals surface area contributed by atoms with Crippen molar-refractivity contribution in [2.45, 2.75) is 268 Å². The molecular weight excluding hydrogens is 1590 g/mol. The highest BCUT2D eigenvalue weighted by Crippen LogP contribution is 2.23. The van der Waals surface area contributed by atoms with E-state index in [2.05, 4.69) is 107 Å². The number of unbranched alkanes of at least 4 members (excludes halogenated alkanes) is 2. The molecular formula is C75H122N24O20S. The first-order valence-corrected chi connectivity index (χ1v) is 40.9. The Balaban J connectivity index is 1.67. The van der Waals surface area contributed by atoms with Gasteiger partial charge in [0.1, 0.15) is 84.6 Å². The van der Waals surface area contributed by atoms with Crippen molar-refractivity contribution in [1.29, 1.82) is 0 Å². The van der Waals surface area contributed by atoms with Crippen LogP contribution in [0.1, 0.15) is 177 Å². The van der Waals surface area contributed by atoms with Crippen molar-refractivity contribution >= 4 is 137 Å². The molecule has 0 spiro atoms. The second kappa shape index (κ2) is 51.1. The molecule has 0 radical (unpaired) electrons. The smallest absolute Gasteiger partial charge is 0.326 e. The number of imidazole rings is 1. The number of aromatic nitrogens is 2. The summed E-state index contributed by atoms with van der Waals surface area (Å²) in [7, 11) is 0. The summed E-state index contributed by atoms with van der Waals surface area (Å²) in [5.74, 6) is -19.5. The van der Waals surface area contributed by atoms with Crippen LogP contribution < -0.4 is 97.8 Å². The molecule has 1 fully saturated rings. The number of nitrogens with zero attached hydrogens (tertiary/aromatic N) is 5. The number of aromatic amines is 1. The summed E-state index contributed by atoms with van der Waals surface area (Å²) < 4.78 is 0. The molecule has 16 amide bonds. The van der Waals surface area contributed by atoms with Crippen molar-refractivity contribution in [3.63, 3.8) is 0 Å². The number of hydrogen-bond donors (Lipinski definition) is 22. The molecule has 18 atom stereocenters. The van der Waals surface area contributed by atoms with Crippen molar-refractivity contribution in [2.75, 3.05) is 31.9 Å². The number of guanidine groups is 1. The van der Waals surface area contributed by atoms with E-state index in [0.29, 0.717) is 25.0 Å². The Kier molecular flexibility index (Phi) is 43.0. The average molecular weight is 1710 g/mol. The SMILES string of the molecule is CC[C@H](C)[C@H](NC(=O)[C@H](CCCN=C(N)N)NC(=O)[C@H](CCC(=O)O)NC(=O)[C@H](CS)NC(=O)[C@H](CCCCNC(=O)[C@@H]1N=CC[C@H]1C)NC(=O)[C@H](CC(N)=O)NC(=O)[C@H](CCCCNC(=O)[C@@H]1N=CC[C@H]1C)NC(=O)[C@H](C)NC(=O)[C@H](Cc1cnc[nH]1)NC(=O)[C@@H]1CCCN1C(=O)[C@H](CC(C)C)NC(=O)[C@H](C)N)C(=O)N[C@@H](CC(N)=O)C(=O)O. The standard InChI is InChI=1S/C75H122N24O20S/c1-9-38(4)59(72(116)96-51(74(118)119)33-55(78)101)98-65(109)46(18-14-26-86-75(79)80)90-64(108)47(20-21-56(102)103)92-68(112)52(35-120)97-63(107)45(17-11-13-25-85-71(115)58-40(6)23-28-83-58)91-67(111)49(32-54(77)100)93-62(106)44(16-10-12-24-84-70(114)57-39(5)22-27-82-57)89-61(105)42(8)88-66(110)48(31-43-34-81-36-87-43)94-69(113)53-19-15-29-99(53)73(117)50(30-37(2)3)95-60(104)41(7)76/h27-28,34,36-42,44-53,57-59,120H,9-26,29-33,35,76H2,1-8H3,(H2,77,100)(H2,78,101)(H,81,87)(H,84,114)(H,85,115)(H,88,110)(H,89,105)(H,90,108)(H,91,111)(H,92,112)(H,93,106)(H,94,113)(H,95,104)(H,96,116)(H,97,107)(H,98,109)(H,102,103)(H,118,119)(H4,79,80,86)/t38-,39+,40+,41-,42-,44-,45-,46-,47-,48-,49-,50-,51-,52-,53-,57+,58+,59-/m0/s1. The largest absolute Gasteiger partial charge is 0.481 e. The van der Waals surface area contributed by atoms with Crippen molar-refractivity contribution in [3.8, 4) is 0 Å². The molecule has 1 aromatic rings. The van der Waals surface area contributed by atoms with Gasteiger partial charge in [-0.1, -0.05) is 48.0 Å². The van der Waals surface area contributed by atoms with Crippen LogP contribution in [0.4, 0.5) is 0 Å². The Morgan fingerprint density at radius 2 is 1.02 bits per heavy atom. The van der Waals surface area contributed by atoms with Gasteiger partial charge in [0.25, 0.3) is 0 Å². The summed E-state index contributed by atoms with van der Waals surface area (Å²) in [5.41, 5.74) is 28.1. The van der Waals surface area contributed by atoms with Crippen molar-refractivity contribution < 1.29 is 96.5 Å². The number of thiol groups is 1. The number of carboxylic acid groups (broad SMARTS) is 2. The Morgan fingerprint density at radius 1 is 0.550 bits per heavy atom. The van der Waals surface area contributed by atoms with E-state index in [4.69, 9.17) is 28.7 Å². The number of aliphatic carboxylic acids is 2. The summed E-state index contributed by atoms with van der Waals surface area (Å²) in [6.07, 6.45) is 4.46. The van der Waals surface area contributed by atoms with Crippen LogP contribution in [-0.2, 0) is 92.7 Å². The van der Waals surface area contributed by atoms with Gasteiger partial charge in [0.05, 0.1) is 25.2 Å². The van der Waals surface area contributed by atoms with Crippen LogP contribution in [-0.4, -0.2) is 272 Å². The monoisotopic (exact) mass is 1710 g/mol. The van der Waals surface area contributed by atoms with E-state index in [-0.39, 0.29) is 139 Å². The molecule has 1 saturated heterocycles. The lowest BCUT2D eigenvalue weighted by Gasteiger charge is -2.31. The van der Waals surface area contributed by atoms with Crippen molar-refractivity contribution in [1.82, 2.24) is 84.0 Å². The number of aliphatic imine (C=N–C) groups is 3. The van der Waals surface area contributed by atoms with E-state index < -0.39 is 223 Å². The zero-order valence-electron chi connectivity index (χ0n) is 69.1. The molecule has 44 nitrogen and oxygen atoms in total. The fraction of sp³-hybridized carbons (Fsp3) is 0.680. The molecule has 4 heterocycles. The summed E-state index contributed by atoms with van der Waals surface area (Å²) >= 11 is 4.29. The molecule has 0 unspecified atom stereocenters. The predicted octanol–water partition coefficient (Wildman–Crippen LogP) is -6.05. The van der Waals surface area contributed by atoms with Crippen LogP contribution in [0.25, 0.3) is 0 Å². The third kappa shape index (κ3) is 34.5. The van der Waals surface area contributed by atoms with Gasteiger partial charge in [-0.25, -0.2) is 9.78 Å². The van der Waals surface area contributed by atoms with Gasteiger partial charge in [-0.3, -0.25) is 96.5 Å². The summed E-state index contributed by atoms with van der Waals surface area (Å²) in [6, 6.07) is -21.0. The second-order valence-electron chi connectivity index (χ2n) is 30.8. The molecule has 0 bridgehead atoms. The normalized spacial score (nSPS) is 19.2. The summed E-state index contributed by atoms with van der Waals surface area (Å²) in [4.78, 5) is 266. The highest BCUT2D eigenvalue weighted by atomic mass is 32.1. The van der Waals surface area contributed by atoms with Crippen LogP contribution in [0.15, 0.2) is 27.5 Å². The van der Waals surface area contributed by atoms with Crippen LogP contribution >= 0.6 is 12.6 Å². The number of carbonyl (C=O) groups is 18. The van der Waals surface area contributed by atoms with Crippen molar-refractivity contribution in [3.05, 3.63) is 18.2 Å². The maximum absolute atomic E-state index is 14.8. The lowest BCUT2D eigenvalue weighted by molar-refractivity contribution is -0.144. The molecule has 0 aliphatic carbocycles. The number of primary amides is 2. The molecule has 120 heavy (non-hydrogen) atoms. The molecule has 26 N–H and O–H groups in total. The molecule has 4 rings (SSSR count). The van der Waals surface area contributed by atoms with E-state index in [1.54, 1.807) is 19.4 Å². The van der Waals surface area contributed by atoms with Crippen LogP contribution in [0.5, 0.6) is 0 Å².